The molecule has 2 heterocycles. The molecule has 1 amide bonds. The number of benzene rings is 1. The van der Waals surface area contributed by atoms with Crippen LogP contribution in [0.2, 0.25) is 0 Å². The summed E-state index contributed by atoms with van der Waals surface area (Å²) in [6, 6.07) is 12.1. The molecule has 0 aliphatic heterocycles. The van der Waals surface area contributed by atoms with Crippen LogP contribution in [-0.4, -0.2) is 26.6 Å². The van der Waals surface area contributed by atoms with Gasteiger partial charge in [0.2, 0.25) is 0 Å². The Morgan fingerprint density at radius 1 is 1.10 bits per heavy atom. The molecule has 0 atom stereocenters. The fourth-order valence-electron chi connectivity index (χ4n) is 1.90. The minimum Gasteiger partial charge on any atom is -0.321 e. The Morgan fingerprint density at radius 2 is 1.90 bits per heavy atom. The summed E-state index contributed by atoms with van der Waals surface area (Å²) < 4.78 is 1.38. The van der Waals surface area contributed by atoms with Crippen molar-refractivity contribution in [2.24, 2.45) is 0 Å². The molecule has 6 heteroatoms. The van der Waals surface area contributed by atoms with Gasteiger partial charge in [0.25, 0.3) is 11.8 Å². The van der Waals surface area contributed by atoms with Gasteiger partial charge in [0.1, 0.15) is 5.69 Å². The molecule has 6 nitrogen and oxygen atoms in total. The third kappa shape index (κ3) is 2.74. The van der Waals surface area contributed by atoms with Crippen LogP contribution >= 0.6 is 0 Å². The average Bonchev–Trinajstić information content (AvgIpc) is 3.19. The minimum absolute atomic E-state index is 0.220. The highest BCUT2D eigenvalue weighted by Gasteiger charge is 2.11. The number of carbonyl (C=O) groups excluding carboxylic acids is 2. The van der Waals surface area contributed by atoms with Crippen molar-refractivity contribution in [1.29, 1.82) is 0 Å². The van der Waals surface area contributed by atoms with E-state index in [1.54, 1.807) is 48.8 Å². The summed E-state index contributed by atoms with van der Waals surface area (Å²) in [5, 5.41) is 9.08. The summed E-state index contributed by atoms with van der Waals surface area (Å²) in [6.07, 6.45) is 4.66. The molecule has 0 unspecified atom stereocenters. The number of H-pyrrole nitrogens is 1. The molecule has 0 fully saturated rings. The van der Waals surface area contributed by atoms with Gasteiger partial charge in [-0.15, -0.1) is 0 Å². The Kier molecular flexibility index (Phi) is 3.34. The highest BCUT2D eigenvalue weighted by atomic mass is 16.2. The van der Waals surface area contributed by atoms with Crippen molar-refractivity contribution in [3.05, 3.63) is 72.3 Å². The number of hydrogen-bond acceptors (Lipinski definition) is 3. The lowest BCUT2D eigenvalue weighted by Gasteiger charge is -2.02. The summed E-state index contributed by atoms with van der Waals surface area (Å²) in [7, 11) is 0. The normalized spacial score (nSPS) is 10.3. The Bertz CT molecular complexity index is 760. The third-order valence-corrected chi connectivity index (χ3v) is 2.95. The van der Waals surface area contributed by atoms with E-state index in [-0.39, 0.29) is 11.8 Å². The van der Waals surface area contributed by atoms with Crippen molar-refractivity contribution in [1.82, 2.24) is 14.8 Å². The average molecular weight is 280 g/mol. The lowest BCUT2D eigenvalue weighted by Crippen LogP contribution is -2.12. The standard InChI is InChI=1S/C15H12N4O2/c20-14(11-4-2-1-3-5-11)17-12-7-9-19(10-12)15(21)13-6-8-16-18-13/h1-10H,(H,16,18)(H,17,20). The predicted molar refractivity (Wildman–Crippen MR) is 77.1 cm³/mol. The van der Waals surface area contributed by atoms with E-state index in [9.17, 15) is 9.59 Å². The summed E-state index contributed by atoms with van der Waals surface area (Å²) in [6.45, 7) is 0. The first-order valence-electron chi connectivity index (χ1n) is 6.32. The monoisotopic (exact) mass is 280 g/mol. The number of anilines is 1. The van der Waals surface area contributed by atoms with Gasteiger partial charge in [0, 0.05) is 24.2 Å². The fourth-order valence-corrected chi connectivity index (χ4v) is 1.90. The second-order valence-corrected chi connectivity index (χ2v) is 4.40. The lowest BCUT2D eigenvalue weighted by molar-refractivity contribution is 0.0953. The first-order chi connectivity index (χ1) is 10.2. The van der Waals surface area contributed by atoms with Crippen LogP contribution in [0, 0.1) is 0 Å². The van der Waals surface area contributed by atoms with Gasteiger partial charge in [-0.05, 0) is 24.3 Å². The Balaban J connectivity index is 1.74. The maximum atomic E-state index is 12.1. The molecule has 1 aromatic carbocycles. The van der Waals surface area contributed by atoms with E-state index in [4.69, 9.17) is 0 Å². The third-order valence-electron chi connectivity index (χ3n) is 2.95. The van der Waals surface area contributed by atoms with E-state index in [0.717, 1.165) is 0 Å². The van der Waals surface area contributed by atoms with Gasteiger partial charge in [-0.1, -0.05) is 18.2 Å². The number of carbonyl (C=O) groups is 2. The van der Waals surface area contributed by atoms with E-state index in [0.29, 0.717) is 16.9 Å². The highest BCUT2D eigenvalue weighted by molar-refractivity contribution is 6.04. The molecule has 0 radical (unpaired) electrons. The van der Waals surface area contributed by atoms with Crippen molar-refractivity contribution in [2.45, 2.75) is 0 Å². The zero-order chi connectivity index (χ0) is 14.7. The van der Waals surface area contributed by atoms with Crippen LogP contribution in [0.25, 0.3) is 0 Å². The zero-order valence-corrected chi connectivity index (χ0v) is 11.0. The first-order valence-corrected chi connectivity index (χ1v) is 6.32. The summed E-state index contributed by atoms with van der Waals surface area (Å²) in [5.41, 5.74) is 1.49. The lowest BCUT2D eigenvalue weighted by atomic mass is 10.2. The van der Waals surface area contributed by atoms with Crippen LogP contribution in [0.3, 0.4) is 0 Å². The molecule has 0 saturated heterocycles. The molecule has 2 aromatic heterocycles. The van der Waals surface area contributed by atoms with E-state index in [2.05, 4.69) is 15.5 Å². The van der Waals surface area contributed by atoms with Crippen molar-refractivity contribution in [2.75, 3.05) is 5.32 Å². The van der Waals surface area contributed by atoms with Crippen LogP contribution in [0.15, 0.2) is 61.1 Å². The second-order valence-electron chi connectivity index (χ2n) is 4.40. The maximum absolute atomic E-state index is 12.1. The van der Waals surface area contributed by atoms with E-state index < -0.39 is 0 Å². The minimum atomic E-state index is -0.243. The van der Waals surface area contributed by atoms with Gasteiger partial charge in [-0.25, -0.2) is 0 Å². The summed E-state index contributed by atoms with van der Waals surface area (Å²) >= 11 is 0. The van der Waals surface area contributed by atoms with Crippen LogP contribution in [-0.2, 0) is 0 Å². The molecular formula is C15H12N4O2. The van der Waals surface area contributed by atoms with Gasteiger partial charge in [0.15, 0.2) is 0 Å². The van der Waals surface area contributed by atoms with E-state index >= 15 is 0 Å². The van der Waals surface area contributed by atoms with Crippen molar-refractivity contribution < 1.29 is 9.59 Å². The largest absolute Gasteiger partial charge is 0.321 e. The van der Waals surface area contributed by atoms with Crippen LogP contribution < -0.4 is 5.32 Å². The molecular weight excluding hydrogens is 268 g/mol. The van der Waals surface area contributed by atoms with Gasteiger partial charge in [-0.2, -0.15) is 5.10 Å². The van der Waals surface area contributed by atoms with Crippen LogP contribution in [0.1, 0.15) is 20.8 Å². The first kappa shape index (κ1) is 12.9. The molecule has 3 aromatic rings. The molecule has 3 rings (SSSR count). The van der Waals surface area contributed by atoms with Crippen LogP contribution in [0.5, 0.6) is 0 Å². The number of hydrogen-bond donors (Lipinski definition) is 2. The number of nitrogens with one attached hydrogen (secondary N) is 2. The van der Waals surface area contributed by atoms with Gasteiger partial charge in [-0.3, -0.25) is 19.3 Å². The number of rotatable bonds is 3. The van der Waals surface area contributed by atoms with Gasteiger partial charge in [0.05, 0.1) is 5.69 Å². The molecule has 104 valence electrons. The fraction of sp³-hybridized carbons (Fsp3) is 0. The number of nitrogens with zero attached hydrogens (tertiary/aromatic N) is 2. The second kappa shape index (κ2) is 5.46. The zero-order valence-electron chi connectivity index (χ0n) is 11.0. The van der Waals surface area contributed by atoms with Crippen molar-refractivity contribution >= 4 is 17.5 Å². The molecule has 0 aliphatic carbocycles. The Hall–Kier alpha value is -3.15. The van der Waals surface area contributed by atoms with Gasteiger partial charge >= 0.3 is 0 Å². The SMILES string of the molecule is O=C(Nc1ccn(C(=O)c2ccn[nH]2)c1)c1ccccc1. The predicted octanol–water partition coefficient (Wildman–Crippen LogP) is 2.15. The molecule has 0 aliphatic rings. The molecule has 0 spiro atoms. The Labute approximate surface area is 120 Å². The molecule has 0 saturated carbocycles. The van der Waals surface area contributed by atoms with Crippen molar-refractivity contribution in [3.63, 3.8) is 0 Å². The summed E-state index contributed by atoms with van der Waals surface area (Å²) in [4.78, 5) is 24.1. The van der Waals surface area contributed by atoms with E-state index in [1.807, 2.05) is 6.07 Å². The Morgan fingerprint density at radius 3 is 2.62 bits per heavy atom. The molecule has 0 bridgehead atoms. The van der Waals surface area contributed by atoms with Crippen molar-refractivity contribution in [3.8, 4) is 0 Å². The molecule has 21 heavy (non-hydrogen) atoms. The van der Waals surface area contributed by atoms with Gasteiger partial charge < -0.3 is 5.32 Å². The number of aromatic nitrogens is 3. The quantitative estimate of drug-likeness (QED) is 0.771. The number of aromatic amines is 1. The van der Waals surface area contributed by atoms with Crippen LogP contribution in [0.4, 0.5) is 5.69 Å². The highest BCUT2D eigenvalue weighted by Crippen LogP contribution is 2.11. The maximum Gasteiger partial charge on any atom is 0.279 e. The number of amides is 1. The molecule has 2 N–H and O–H groups in total. The van der Waals surface area contributed by atoms with E-state index in [1.165, 1.54) is 10.8 Å². The smallest absolute Gasteiger partial charge is 0.279 e. The summed E-state index contributed by atoms with van der Waals surface area (Å²) in [5.74, 6) is -0.463. The topological polar surface area (TPSA) is 79.8 Å².